The van der Waals surface area contributed by atoms with Gasteiger partial charge in [0, 0.05) is 0 Å². The third kappa shape index (κ3) is 17.5. The van der Waals surface area contributed by atoms with Crippen LogP contribution < -0.4 is 22.1 Å². The molecule has 0 radical (unpaired) electrons. The van der Waals surface area contributed by atoms with E-state index in [-0.39, 0.29) is 0 Å². The zero-order valence-electron chi connectivity index (χ0n) is 21.8. The first-order valence-electron chi connectivity index (χ1n) is 13.2. The van der Waals surface area contributed by atoms with E-state index >= 15 is 0 Å². The summed E-state index contributed by atoms with van der Waals surface area (Å²) in [6.45, 7) is 5.31. The quantitative estimate of drug-likeness (QED) is 0.408. The van der Waals surface area contributed by atoms with Crippen molar-refractivity contribution >= 4 is 0 Å². The molecule has 0 aromatic heterocycles. The number of nitrogens with two attached hydrogens (primary N) is 2. The van der Waals surface area contributed by atoms with Gasteiger partial charge in [-0.25, -0.2) is 0 Å². The van der Waals surface area contributed by atoms with E-state index in [4.69, 9.17) is 11.5 Å². The molecule has 4 unspecified atom stereocenters. The molecule has 4 fully saturated rings. The van der Waals surface area contributed by atoms with Crippen LogP contribution in [0.25, 0.3) is 0 Å². The van der Waals surface area contributed by atoms with E-state index in [1.54, 1.807) is 51.4 Å². The van der Waals surface area contributed by atoms with Crippen LogP contribution in [0.4, 0.5) is 0 Å². The van der Waals surface area contributed by atoms with Gasteiger partial charge in [0.1, 0.15) is 0 Å². The van der Waals surface area contributed by atoms with Gasteiger partial charge in [-0.05, 0) is 65.0 Å². The molecule has 6 N–H and O–H groups in total. The SMILES string of the molecule is C1CCC2CCCC2C1.C1CCC2CCCC2C1.CCN.CCN.CNC.CNC. The summed E-state index contributed by atoms with van der Waals surface area (Å²) in [5.41, 5.74) is 9.69. The normalized spacial score (nSPS) is 28.0. The average molecular weight is 429 g/mol. The van der Waals surface area contributed by atoms with Crippen LogP contribution in [0.1, 0.15) is 104 Å². The van der Waals surface area contributed by atoms with Crippen LogP contribution in [-0.4, -0.2) is 41.3 Å². The molecule has 0 heterocycles. The Balaban J connectivity index is 0. The monoisotopic (exact) mass is 428 g/mol. The lowest BCUT2D eigenvalue weighted by Gasteiger charge is -2.24. The van der Waals surface area contributed by atoms with E-state index in [9.17, 15) is 0 Å². The van der Waals surface area contributed by atoms with Crippen molar-refractivity contribution in [3.05, 3.63) is 0 Å². The van der Waals surface area contributed by atoms with E-state index < -0.39 is 0 Å². The van der Waals surface area contributed by atoms with Crippen molar-refractivity contribution in [2.24, 2.45) is 35.1 Å². The van der Waals surface area contributed by atoms with E-state index in [0.29, 0.717) is 0 Å². The fourth-order valence-electron chi connectivity index (χ4n) is 5.37. The molecule has 4 heteroatoms. The standard InChI is InChI=1S/2C9H16.4C2H7N/c2*1-2-5-9-7-3-6-8(9)4-1;2*1-3-2;2*1-2-3/h2*8-9H,1-7H2;2*3H,1-2H3;2*2-3H2,1H3. The van der Waals surface area contributed by atoms with Crippen molar-refractivity contribution in [1.82, 2.24) is 10.6 Å². The van der Waals surface area contributed by atoms with E-state index in [2.05, 4.69) is 10.6 Å². The lowest BCUT2D eigenvalue weighted by atomic mass is 9.82. The van der Waals surface area contributed by atoms with Crippen LogP contribution in [0.5, 0.6) is 0 Å². The summed E-state index contributed by atoms with van der Waals surface area (Å²) in [5.74, 6) is 4.66. The Bertz CT molecular complexity index is 253. The van der Waals surface area contributed by atoms with Gasteiger partial charge < -0.3 is 22.1 Å². The highest BCUT2D eigenvalue weighted by Gasteiger charge is 2.29. The number of hydrogen-bond donors (Lipinski definition) is 4. The van der Waals surface area contributed by atoms with Gasteiger partial charge in [0.05, 0.1) is 0 Å². The average Bonchev–Trinajstić information content (AvgIpc) is 3.40. The van der Waals surface area contributed by atoms with Gasteiger partial charge in [0.2, 0.25) is 0 Å². The van der Waals surface area contributed by atoms with Crippen molar-refractivity contribution < 1.29 is 0 Å². The smallest absolute Gasteiger partial charge is 0.0106 e. The van der Waals surface area contributed by atoms with Crippen LogP contribution >= 0.6 is 0 Å². The Morgan fingerprint density at radius 1 is 0.467 bits per heavy atom. The van der Waals surface area contributed by atoms with E-state index in [0.717, 1.165) is 13.1 Å². The number of fused-ring (bicyclic) bond motifs is 2. The summed E-state index contributed by atoms with van der Waals surface area (Å²) in [5, 5.41) is 5.50. The van der Waals surface area contributed by atoms with Crippen LogP contribution in [-0.2, 0) is 0 Å². The number of hydrogen-bond acceptors (Lipinski definition) is 4. The van der Waals surface area contributed by atoms with Gasteiger partial charge in [-0.15, -0.1) is 0 Å². The molecule has 0 spiro atoms. The van der Waals surface area contributed by atoms with Crippen LogP contribution in [0.2, 0.25) is 0 Å². The minimum atomic E-state index is 0.750. The van der Waals surface area contributed by atoms with Crippen molar-refractivity contribution in [1.29, 1.82) is 0 Å². The molecule has 4 aliphatic carbocycles. The second-order valence-corrected chi connectivity index (χ2v) is 9.29. The highest BCUT2D eigenvalue weighted by Crippen LogP contribution is 2.42. The summed E-state index contributed by atoms with van der Waals surface area (Å²) < 4.78 is 0. The predicted molar refractivity (Wildman–Crippen MR) is 138 cm³/mol. The van der Waals surface area contributed by atoms with E-state index in [1.165, 1.54) is 62.2 Å². The molecule has 0 bridgehead atoms. The maximum Gasteiger partial charge on any atom is -0.0106 e. The van der Waals surface area contributed by atoms with Gasteiger partial charge >= 0.3 is 0 Å². The number of rotatable bonds is 0. The van der Waals surface area contributed by atoms with Crippen LogP contribution in [0.15, 0.2) is 0 Å². The molecule has 0 aromatic carbocycles. The molecule has 4 nitrogen and oxygen atoms in total. The van der Waals surface area contributed by atoms with E-state index in [1.807, 2.05) is 42.0 Å². The lowest BCUT2D eigenvalue weighted by molar-refractivity contribution is 0.277. The molecule has 4 atom stereocenters. The molecule has 0 aliphatic heterocycles. The molecule has 184 valence electrons. The Hall–Kier alpha value is -0.160. The van der Waals surface area contributed by atoms with Crippen LogP contribution in [0, 0.1) is 23.7 Å². The zero-order chi connectivity index (χ0) is 23.0. The minimum Gasteiger partial charge on any atom is -0.331 e. The molecule has 4 aliphatic rings. The summed E-state index contributed by atoms with van der Waals surface area (Å²) in [4.78, 5) is 0. The lowest BCUT2D eigenvalue weighted by Crippen LogP contribution is -2.12. The van der Waals surface area contributed by atoms with Crippen LogP contribution in [0.3, 0.4) is 0 Å². The fraction of sp³-hybridized carbons (Fsp3) is 1.00. The maximum absolute atomic E-state index is 4.85. The molecule has 0 aromatic rings. The second kappa shape index (κ2) is 25.1. The molecular formula is C26H60N4. The molecule has 30 heavy (non-hydrogen) atoms. The molecule has 4 rings (SSSR count). The Kier molecular flexibility index (Phi) is 26.8. The summed E-state index contributed by atoms with van der Waals surface area (Å²) in [6.07, 6.45) is 21.7. The Morgan fingerprint density at radius 3 is 0.767 bits per heavy atom. The number of nitrogens with one attached hydrogen (secondary N) is 2. The maximum atomic E-state index is 4.85. The van der Waals surface area contributed by atoms with Gasteiger partial charge in [0.25, 0.3) is 0 Å². The molecule has 0 amide bonds. The summed E-state index contributed by atoms with van der Waals surface area (Å²) in [7, 11) is 7.50. The van der Waals surface area contributed by atoms with Gasteiger partial charge in [-0.1, -0.05) is 104 Å². The van der Waals surface area contributed by atoms with Gasteiger partial charge in [-0.3, -0.25) is 0 Å². The zero-order valence-corrected chi connectivity index (χ0v) is 21.8. The highest BCUT2D eigenvalue weighted by atomic mass is 14.7. The second-order valence-electron chi connectivity index (χ2n) is 9.29. The Labute approximate surface area is 191 Å². The van der Waals surface area contributed by atoms with Crippen molar-refractivity contribution in [3.63, 3.8) is 0 Å². The first-order chi connectivity index (χ1) is 14.6. The van der Waals surface area contributed by atoms with Crippen molar-refractivity contribution in [2.75, 3.05) is 41.3 Å². The summed E-state index contributed by atoms with van der Waals surface area (Å²) in [6, 6.07) is 0. The van der Waals surface area contributed by atoms with Crippen molar-refractivity contribution in [2.45, 2.75) is 104 Å². The van der Waals surface area contributed by atoms with Gasteiger partial charge in [0.15, 0.2) is 0 Å². The molecule has 0 saturated heterocycles. The third-order valence-electron chi connectivity index (χ3n) is 6.43. The minimum absolute atomic E-state index is 0.750. The molecular weight excluding hydrogens is 368 g/mol. The summed E-state index contributed by atoms with van der Waals surface area (Å²) >= 11 is 0. The van der Waals surface area contributed by atoms with Gasteiger partial charge in [-0.2, -0.15) is 0 Å². The first-order valence-corrected chi connectivity index (χ1v) is 13.2. The highest BCUT2D eigenvalue weighted by molar-refractivity contribution is 4.81. The molecule has 4 saturated carbocycles. The topological polar surface area (TPSA) is 76.1 Å². The third-order valence-corrected chi connectivity index (χ3v) is 6.43. The fourth-order valence-corrected chi connectivity index (χ4v) is 5.37. The first kappa shape index (κ1) is 32.0. The largest absolute Gasteiger partial charge is 0.331 e. The predicted octanol–water partition coefficient (Wildman–Crippen LogP) is 5.55. The Morgan fingerprint density at radius 2 is 0.600 bits per heavy atom. The van der Waals surface area contributed by atoms with Crippen molar-refractivity contribution in [3.8, 4) is 0 Å².